The number of piperidine rings is 1. The van der Waals surface area contributed by atoms with Crippen LogP contribution < -0.4 is 4.90 Å². The lowest BCUT2D eigenvalue weighted by molar-refractivity contribution is -0.123. The molecule has 2 aromatic rings. The molecule has 0 saturated carbocycles. The molecule has 6 heteroatoms. The Hall–Kier alpha value is -2.24. The van der Waals surface area contributed by atoms with Crippen molar-refractivity contribution in [2.45, 2.75) is 38.1 Å². The summed E-state index contributed by atoms with van der Waals surface area (Å²) in [6.07, 6.45) is 4.11. The van der Waals surface area contributed by atoms with Gasteiger partial charge in [0.15, 0.2) is 0 Å². The minimum Gasteiger partial charge on any atom is -0.292 e. The highest BCUT2D eigenvalue weighted by atomic mass is 35.5. The topological polar surface area (TPSA) is 40.6 Å². The fourth-order valence-corrected chi connectivity index (χ4v) is 4.51. The number of likely N-dealkylation sites (tertiary alicyclic amines) is 1. The second-order valence-corrected chi connectivity index (χ2v) is 8.35. The Labute approximate surface area is 175 Å². The first-order valence-electron chi connectivity index (χ1n) is 10.1. The summed E-state index contributed by atoms with van der Waals surface area (Å²) in [4.78, 5) is 28.8. The largest absolute Gasteiger partial charge is 0.292 e. The number of rotatable bonds is 5. The molecular weight excluding hydrogens is 391 g/mol. The molecule has 0 radical (unpaired) electrons. The Kier molecular flexibility index (Phi) is 5.97. The molecule has 0 spiro atoms. The molecule has 2 amide bonds. The van der Waals surface area contributed by atoms with E-state index in [1.54, 1.807) is 36.4 Å². The quantitative estimate of drug-likeness (QED) is 0.678. The molecule has 2 fully saturated rings. The van der Waals surface area contributed by atoms with Gasteiger partial charge in [-0.05, 0) is 86.7 Å². The highest BCUT2D eigenvalue weighted by Crippen LogP contribution is 2.30. The lowest BCUT2D eigenvalue weighted by atomic mass is 9.90. The Morgan fingerprint density at radius 3 is 2.45 bits per heavy atom. The van der Waals surface area contributed by atoms with Crippen molar-refractivity contribution < 1.29 is 14.0 Å². The molecule has 2 aliphatic rings. The molecule has 2 heterocycles. The van der Waals surface area contributed by atoms with Gasteiger partial charge >= 0.3 is 0 Å². The average Bonchev–Trinajstić information content (AvgIpc) is 3.02. The highest BCUT2D eigenvalue weighted by molar-refractivity contribution is 6.30. The molecule has 4 rings (SSSR count). The number of halogens is 2. The van der Waals surface area contributed by atoms with Gasteiger partial charge < -0.3 is 0 Å². The van der Waals surface area contributed by atoms with Crippen LogP contribution in [0.1, 0.15) is 31.2 Å². The molecule has 0 N–H and O–H groups in total. The van der Waals surface area contributed by atoms with E-state index in [1.165, 1.54) is 11.0 Å². The van der Waals surface area contributed by atoms with Crippen LogP contribution >= 0.6 is 11.6 Å². The van der Waals surface area contributed by atoms with E-state index < -0.39 is 0 Å². The van der Waals surface area contributed by atoms with Gasteiger partial charge in [-0.1, -0.05) is 23.7 Å². The third-order valence-corrected chi connectivity index (χ3v) is 6.28. The van der Waals surface area contributed by atoms with E-state index >= 15 is 0 Å². The average molecular weight is 415 g/mol. The van der Waals surface area contributed by atoms with Crippen molar-refractivity contribution in [3.8, 4) is 0 Å². The van der Waals surface area contributed by atoms with Gasteiger partial charge in [0.2, 0.25) is 5.91 Å². The number of amides is 2. The Balaban J connectivity index is 1.32. The van der Waals surface area contributed by atoms with Crippen LogP contribution in [0.5, 0.6) is 0 Å². The number of hydrogen-bond acceptors (Lipinski definition) is 3. The summed E-state index contributed by atoms with van der Waals surface area (Å²) in [6, 6.07) is 13.2. The minimum absolute atomic E-state index is 0.143. The van der Waals surface area contributed by atoms with Crippen LogP contribution in [0.4, 0.5) is 10.1 Å². The summed E-state index contributed by atoms with van der Waals surface area (Å²) in [7, 11) is 0. The zero-order chi connectivity index (χ0) is 20.4. The van der Waals surface area contributed by atoms with Crippen LogP contribution in [0.25, 0.3) is 0 Å². The number of hydrogen-bond donors (Lipinski definition) is 0. The molecule has 1 atom stereocenters. The molecule has 0 aliphatic carbocycles. The van der Waals surface area contributed by atoms with Crippen molar-refractivity contribution in [1.82, 2.24) is 4.90 Å². The zero-order valence-corrected chi connectivity index (χ0v) is 16.9. The van der Waals surface area contributed by atoms with Crippen LogP contribution in [0.3, 0.4) is 0 Å². The lowest BCUT2D eigenvalue weighted by Crippen LogP contribution is -2.46. The maximum atomic E-state index is 13.3. The molecule has 29 heavy (non-hydrogen) atoms. The highest BCUT2D eigenvalue weighted by Gasteiger charge is 2.43. The fourth-order valence-electron chi connectivity index (χ4n) is 4.38. The molecule has 4 nitrogen and oxygen atoms in total. The predicted molar refractivity (Wildman–Crippen MR) is 111 cm³/mol. The van der Waals surface area contributed by atoms with E-state index in [9.17, 15) is 14.0 Å². The smallest absolute Gasteiger partial charge is 0.251 e. The van der Waals surface area contributed by atoms with Crippen molar-refractivity contribution in [1.29, 1.82) is 0 Å². The van der Waals surface area contributed by atoms with Crippen LogP contribution in [0.15, 0.2) is 48.5 Å². The summed E-state index contributed by atoms with van der Waals surface area (Å²) >= 11 is 5.91. The summed E-state index contributed by atoms with van der Waals surface area (Å²) in [5, 5.41) is 0.574. The number of anilines is 1. The van der Waals surface area contributed by atoms with Crippen molar-refractivity contribution in [2.24, 2.45) is 5.92 Å². The Morgan fingerprint density at radius 2 is 1.76 bits per heavy atom. The molecule has 2 aliphatic heterocycles. The number of nitrogens with zero attached hydrogens (tertiary/aromatic N) is 2. The summed E-state index contributed by atoms with van der Waals surface area (Å²) in [5.41, 5.74) is 1.61. The first kappa shape index (κ1) is 20.0. The Bertz CT molecular complexity index is 894. The van der Waals surface area contributed by atoms with Crippen LogP contribution in [0.2, 0.25) is 5.02 Å². The molecule has 2 aromatic carbocycles. The molecule has 0 bridgehead atoms. The van der Waals surface area contributed by atoms with Gasteiger partial charge in [0, 0.05) is 5.02 Å². The Morgan fingerprint density at radius 1 is 1.03 bits per heavy atom. The molecule has 2 saturated heterocycles. The monoisotopic (exact) mass is 414 g/mol. The van der Waals surface area contributed by atoms with Gasteiger partial charge in [0.05, 0.1) is 18.2 Å². The van der Waals surface area contributed by atoms with Gasteiger partial charge in [0.25, 0.3) is 5.91 Å². The molecule has 152 valence electrons. The maximum Gasteiger partial charge on any atom is 0.251 e. The van der Waals surface area contributed by atoms with E-state index in [-0.39, 0.29) is 30.1 Å². The number of carbonyl (C=O) groups is 2. The van der Waals surface area contributed by atoms with Crippen molar-refractivity contribution in [2.75, 3.05) is 18.0 Å². The predicted octanol–water partition coefficient (Wildman–Crippen LogP) is 4.46. The standard InChI is InChI=1S/C23H24ClFN2O2/c24-18-6-8-20(9-7-18)27-22(28)15-21(23(27)29)26-12-10-16(11-13-26)4-5-17-2-1-3-19(25)14-17/h1-3,6-9,14,16,21H,4-5,10-13,15H2/t21-/m0/s1. The van der Waals surface area contributed by atoms with Gasteiger partial charge in [-0.15, -0.1) is 0 Å². The third-order valence-electron chi connectivity index (χ3n) is 6.03. The zero-order valence-electron chi connectivity index (χ0n) is 16.2. The number of aryl methyl sites for hydroxylation is 1. The first-order valence-corrected chi connectivity index (χ1v) is 10.5. The van der Waals surface area contributed by atoms with E-state index in [2.05, 4.69) is 4.90 Å². The van der Waals surface area contributed by atoms with E-state index in [0.717, 1.165) is 44.3 Å². The van der Waals surface area contributed by atoms with E-state index in [4.69, 9.17) is 11.6 Å². The van der Waals surface area contributed by atoms with Gasteiger partial charge in [0.1, 0.15) is 5.82 Å². The second kappa shape index (κ2) is 8.64. The van der Waals surface area contributed by atoms with Crippen molar-refractivity contribution in [3.05, 3.63) is 64.9 Å². The van der Waals surface area contributed by atoms with Gasteiger partial charge in [-0.3, -0.25) is 14.5 Å². The first-order chi connectivity index (χ1) is 14.0. The number of benzene rings is 2. The summed E-state index contributed by atoms with van der Waals surface area (Å²) in [6.45, 7) is 1.62. The van der Waals surface area contributed by atoms with Gasteiger partial charge in [-0.25, -0.2) is 9.29 Å². The van der Waals surface area contributed by atoms with Gasteiger partial charge in [-0.2, -0.15) is 0 Å². The maximum absolute atomic E-state index is 13.3. The molecule has 0 aromatic heterocycles. The van der Waals surface area contributed by atoms with Crippen LogP contribution in [-0.4, -0.2) is 35.8 Å². The minimum atomic E-state index is -0.373. The third kappa shape index (κ3) is 4.51. The van der Waals surface area contributed by atoms with Crippen molar-refractivity contribution >= 4 is 29.1 Å². The SMILES string of the molecule is O=C1C[C@H](N2CCC(CCc3cccc(F)c3)CC2)C(=O)N1c1ccc(Cl)cc1. The van der Waals surface area contributed by atoms with Crippen molar-refractivity contribution in [3.63, 3.8) is 0 Å². The summed E-state index contributed by atoms with van der Waals surface area (Å²) < 4.78 is 13.3. The second-order valence-electron chi connectivity index (χ2n) is 7.91. The number of imide groups is 1. The lowest BCUT2D eigenvalue weighted by Gasteiger charge is -2.34. The normalized spacial score (nSPS) is 21.2. The fraction of sp³-hybridized carbons (Fsp3) is 0.391. The summed E-state index contributed by atoms with van der Waals surface area (Å²) in [5.74, 6) is 0.0761. The van der Waals surface area contributed by atoms with Crippen LogP contribution in [0, 0.1) is 11.7 Å². The van der Waals surface area contributed by atoms with Crippen LogP contribution in [-0.2, 0) is 16.0 Å². The molecule has 0 unspecified atom stereocenters. The van der Waals surface area contributed by atoms with E-state index in [1.807, 2.05) is 6.07 Å². The van der Waals surface area contributed by atoms with E-state index in [0.29, 0.717) is 16.6 Å². The molecular formula is C23H24ClFN2O2. The number of carbonyl (C=O) groups excluding carboxylic acids is 2.